The van der Waals surface area contributed by atoms with Gasteiger partial charge in [-0.2, -0.15) is 0 Å². The molecule has 5 heteroatoms. The number of alkyl halides is 1. The van der Waals surface area contributed by atoms with E-state index in [1.807, 2.05) is 5.38 Å². The summed E-state index contributed by atoms with van der Waals surface area (Å²) in [7, 11) is 0. The first-order chi connectivity index (χ1) is 7.18. The van der Waals surface area contributed by atoms with Crippen LogP contribution in [0.25, 0.3) is 0 Å². The Balaban J connectivity index is 2.34. The number of rotatable bonds is 2. The Morgan fingerprint density at radius 1 is 1.47 bits per heavy atom. The van der Waals surface area contributed by atoms with Crippen molar-refractivity contribution < 1.29 is 4.39 Å². The lowest BCUT2D eigenvalue weighted by Gasteiger charge is -2.08. The molecule has 0 aliphatic heterocycles. The number of benzene rings is 1. The van der Waals surface area contributed by atoms with E-state index in [2.05, 4.69) is 27.6 Å². The first-order valence-electron chi connectivity index (χ1n) is 4.27. The molecule has 0 saturated heterocycles. The van der Waals surface area contributed by atoms with Crippen LogP contribution in [0.15, 0.2) is 29.8 Å². The van der Waals surface area contributed by atoms with Crippen molar-refractivity contribution >= 4 is 39.6 Å². The minimum atomic E-state index is -0.374. The number of anilines is 1. The third-order valence-corrected chi connectivity index (χ3v) is 4.55. The molecule has 15 heavy (non-hydrogen) atoms. The van der Waals surface area contributed by atoms with Crippen LogP contribution >= 0.6 is 33.9 Å². The van der Waals surface area contributed by atoms with Crippen LogP contribution in [0.2, 0.25) is 0 Å². The van der Waals surface area contributed by atoms with Crippen molar-refractivity contribution in [3.63, 3.8) is 0 Å². The van der Waals surface area contributed by atoms with Crippen molar-refractivity contribution in [2.45, 2.75) is 3.92 Å². The fourth-order valence-electron chi connectivity index (χ4n) is 1.22. The summed E-state index contributed by atoms with van der Waals surface area (Å²) in [5.74, 6) is -0.374. The molecule has 0 saturated carbocycles. The molecule has 2 nitrogen and oxygen atoms in total. The average molecular weight is 334 g/mol. The van der Waals surface area contributed by atoms with Gasteiger partial charge in [-0.15, -0.1) is 11.3 Å². The molecule has 0 aliphatic carbocycles. The minimum Gasteiger partial charge on any atom is -0.396 e. The Labute approximate surface area is 104 Å². The quantitative estimate of drug-likeness (QED) is 0.519. The lowest BCUT2D eigenvalue weighted by atomic mass is 10.1. The van der Waals surface area contributed by atoms with Gasteiger partial charge in [-0.25, -0.2) is 9.37 Å². The van der Waals surface area contributed by atoms with Crippen LogP contribution in [0.4, 0.5) is 10.1 Å². The lowest BCUT2D eigenvalue weighted by molar-refractivity contribution is 0.632. The largest absolute Gasteiger partial charge is 0.396 e. The minimum absolute atomic E-state index is 0.130. The second-order valence-corrected chi connectivity index (χ2v) is 5.19. The summed E-state index contributed by atoms with van der Waals surface area (Å²) in [6.07, 6.45) is 1.76. The van der Waals surface area contributed by atoms with Crippen molar-refractivity contribution in [2.24, 2.45) is 0 Å². The molecule has 0 bridgehead atoms. The maximum Gasteiger partial charge on any atom is 0.146 e. The summed E-state index contributed by atoms with van der Waals surface area (Å²) in [6.45, 7) is 0. The maximum atomic E-state index is 13.0. The molecule has 0 radical (unpaired) electrons. The van der Waals surface area contributed by atoms with Gasteiger partial charge in [0, 0.05) is 11.6 Å². The molecule has 1 aromatic heterocycles. The predicted octanol–water partition coefficient (Wildman–Crippen LogP) is 3.39. The van der Waals surface area contributed by atoms with Crippen LogP contribution in [-0.4, -0.2) is 4.98 Å². The van der Waals surface area contributed by atoms with Gasteiger partial charge in [-0.1, -0.05) is 28.7 Å². The monoisotopic (exact) mass is 334 g/mol. The zero-order valence-corrected chi connectivity index (χ0v) is 10.6. The van der Waals surface area contributed by atoms with Gasteiger partial charge in [0.1, 0.15) is 10.8 Å². The number of nitrogens with zero attached hydrogens (tertiary/aromatic N) is 1. The first kappa shape index (κ1) is 10.8. The molecule has 0 spiro atoms. The lowest BCUT2D eigenvalue weighted by Crippen LogP contribution is -1.96. The van der Waals surface area contributed by atoms with E-state index >= 15 is 0 Å². The SMILES string of the molecule is Nc1cc(C(I)c2nccs2)ccc1F. The van der Waals surface area contributed by atoms with Gasteiger partial charge in [0.2, 0.25) is 0 Å². The Kier molecular flexibility index (Phi) is 3.20. The molecule has 1 aromatic carbocycles. The highest BCUT2D eigenvalue weighted by Crippen LogP contribution is 2.33. The second kappa shape index (κ2) is 4.44. The smallest absolute Gasteiger partial charge is 0.146 e. The Morgan fingerprint density at radius 3 is 2.87 bits per heavy atom. The van der Waals surface area contributed by atoms with Gasteiger partial charge >= 0.3 is 0 Å². The molecule has 1 heterocycles. The topological polar surface area (TPSA) is 38.9 Å². The zero-order chi connectivity index (χ0) is 10.8. The van der Waals surface area contributed by atoms with E-state index in [-0.39, 0.29) is 15.4 Å². The van der Waals surface area contributed by atoms with Gasteiger partial charge < -0.3 is 5.73 Å². The molecular formula is C10H8FIN2S. The summed E-state index contributed by atoms with van der Waals surface area (Å²) in [5, 5.41) is 2.93. The van der Waals surface area contributed by atoms with Crippen molar-refractivity contribution in [1.82, 2.24) is 4.98 Å². The van der Waals surface area contributed by atoms with Gasteiger partial charge in [-0.3, -0.25) is 0 Å². The van der Waals surface area contributed by atoms with Crippen LogP contribution in [-0.2, 0) is 0 Å². The molecule has 2 aromatic rings. The molecular weight excluding hydrogens is 326 g/mol. The van der Waals surface area contributed by atoms with E-state index < -0.39 is 0 Å². The molecule has 0 amide bonds. The average Bonchev–Trinajstić information content (AvgIpc) is 2.74. The Hall–Kier alpha value is -0.690. The fraction of sp³-hybridized carbons (Fsp3) is 0.100. The number of nitrogens with two attached hydrogens (primary N) is 1. The van der Waals surface area contributed by atoms with Crippen molar-refractivity contribution in [3.05, 3.63) is 46.2 Å². The highest BCUT2D eigenvalue weighted by Gasteiger charge is 2.13. The summed E-state index contributed by atoms with van der Waals surface area (Å²) in [4.78, 5) is 4.22. The highest BCUT2D eigenvalue weighted by atomic mass is 127. The molecule has 0 aliphatic rings. The molecule has 78 valence electrons. The van der Waals surface area contributed by atoms with Gasteiger partial charge in [-0.05, 0) is 17.7 Å². The van der Waals surface area contributed by atoms with Crippen LogP contribution in [0.5, 0.6) is 0 Å². The standard InChI is InChI=1S/C10H8FIN2S/c11-7-2-1-6(5-8(7)13)9(12)10-14-3-4-15-10/h1-5,9H,13H2. The first-order valence-corrected chi connectivity index (χ1v) is 6.39. The number of hydrogen-bond acceptors (Lipinski definition) is 3. The molecule has 2 rings (SSSR count). The number of nitrogen functional groups attached to an aromatic ring is 1. The van der Waals surface area contributed by atoms with E-state index in [4.69, 9.17) is 5.73 Å². The summed E-state index contributed by atoms with van der Waals surface area (Å²) >= 11 is 3.85. The number of thiazole rings is 1. The van der Waals surface area contributed by atoms with Gasteiger partial charge in [0.25, 0.3) is 0 Å². The molecule has 1 unspecified atom stereocenters. The van der Waals surface area contributed by atoms with Crippen LogP contribution in [0, 0.1) is 5.82 Å². The molecule has 1 atom stereocenters. The van der Waals surface area contributed by atoms with Gasteiger partial charge in [0.05, 0.1) is 9.61 Å². The third kappa shape index (κ3) is 2.28. The van der Waals surface area contributed by atoms with Crippen LogP contribution in [0.3, 0.4) is 0 Å². The summed E-state index contributed by atoms with van der Waals surface area (Å²) < 4.78 is 13.1. The van der Waals surface area contributed by atoms with E-state index in [9.17, 15) is 4.39 Å². The van der Waals surface area contributed by atoms with Crippen molar-refractivity contribution in [2.75, 3.05) is 5.73 Å². The van der Waals surface area contributed by atoms with E-state index in [1.165, 1.54) is 6.07 Å². The number of hydrogen-bond donors (Lipinski definition) is 1. The number of aromatic nitrogens is 1. The zero-order valence-electron chi connectivity index (χ0n) is 7.65. The van der Waals surface area contributed by atoms with Crippen molar-refractivity contribution in [1.29, 1.82) is 0 Å². The molecule has 0 fully saturated rings. The van der Waals surface area contributed by atoms with E-state index in [0.717, 1.165) is 10.6 Å². The fourth-order valence-corrected chi connectivity index (χ4v) is 2.85. The maximum absolute atomic E-state index is 13.0. The van der Waals surface area contributed by atoms with Crippen LogP contribution < -0.4 is 5.73 Å². The summed E-state index contributed by atoms with van der Waals surface area (Å²) in [6, 6.07) is 4.79. The predicted molar refractivity (Wildman–Crippen MR) is 68.8 cm³/mol. The third-order valence-electron chi connectivity index (χ3n) is 1.98. The Morgan fingerprint density at radius 2 is 2.27 bits per heavy atom. The molecule has 2 N–H and O–H groups in total. The van der Waals surface area contributed by atoms with E-state index in [1.54, 1.807) is 29.7 Å². The second-order valence-electron chi connectivity index (χ2n) is 3.01. The Bertz CT molecular complexity index is 458. The normalized spacial score (nSPS) is 12.7. The summed E-state index contributed by atoms with van der Waals surface area (Å²) in [5.41, 5.74) is 6.68. The van der Waals surface area contributed by atoms with Crippen molar-refractivity contribution in [3.8, 4) is 0 Å². The number of halogens is 2. The van der Waals surface area contributed by atoms with Gasteiger partial charge in [0.15, 0.2) is 0 Å². The van der Waals surface area contributed by atoms with E-state index in [0.29, 0.717) is 0 Å². The van der Waals surface area contributed by atoms with Crippen LogP contribution in [0.1, 0.15) is 14.5 Å². The highest BCUT2D eigenvalue weighted by molar-refractivity contribution is 14.1.